The van der Waals surface area contributed by atoms with Crippen molar-refractivity contribution >= 4 is 28.6 Å². The quantitative estimate of drug-likeness (QED) is 0.665. The normalized spacial score (nSPS) is 16.6. The molecule has 1 atom stereocenters. The van der Waals surface area contributed by atoms with Crippen LogP contribution in [0, 0.1) is 5.92 Å². The van der Waals surface area contributed by atoms with Gasteiger partial charge in [-0.25, -0.2) is 0 Å². The number of para-hydroxylation sites is 1. The lowest BCUT2D eigenvalue weighted by molar-refractivity contribution is -0.127. The fourth-order valence-electron chi connectivity index (χ4n) is 3.75. The first kappa shape index (κ1) is 18.8. The first-order valence-electron chi connectivity index (χ1n) is 9.50. The maximum atomic E-state index is 12.6. The molecule has 3 amide bonds. The zero-order chi connectivity index (χ0) is 20.4. The molecule has 1 saturated heterocycles. The number of likely N-dealkylation sites (tertiary alicyclic amines) is 1. The number of hydrogen-bond acceptors (Lipinski definition) is 4. The molecule has 3 aromatic rings. The van der Waals surface area contributed by atoms with Gasteiger partial charge in [0.25, 0.3) is 11.8 Å². The topological polar surface area (TPSA) is 96.6 Å². The molecule has 1 aliphatic rings. The van der Waals surface area contributed by atoms with E-state index in [0.717, 1.165) is 17.3 Å². The van der Waals surface area contributed by atoms with Gasteiger partial charge < -0.3 is 13.9 Å². The number of hydrazine groups is 1. The fraction of sp³-hybridized carbons (Fsp3) is 0.286. The molecular formula is C21H22N4O4. The van der Waals surface area contributed by atoms with Gasteiger partial charge in [0.2, 0.25) is 5.91 Å². The van der Waals surface area contributed by atoms with Gasteiger partial charge in [-0.2, -0.15) is 0 Å². The molecular weight excluding hydrogens is 372 g/mol. The number of carbonyl (C=O) groups excluding carboxylic acids is 3. The highest BCUT2D eigenvalue weighted by Crippen LogP contribution is 2.21. The van der Waals surface area contributed by atoms with E-state index in [2.05, 4.69) is 10.9 Å². The zero-order valence-corrected chi connectivity index (χ0v) is 16.1. The summed E-state index contributed by atoms with van der Waals surface area (Å²) >= 11 is 0. The summed E-state index contributed by atoms with van der Waals surface area (Å²) < 4.78 is 6.83. The third-order valence-corrected chi connectivity index (χ3v) is 5.29. The summed E-state index contributed by atoms with van der Waals surface area (Å²) in [4.78, 5) is 39.3. The standard InChI is InChI=1S/C21H22N4O4/c1-24-12-17(16-6-2-3-7-18(16)24)20(27)23-22-19(26)14-5-4-9-25(11-14)21(28)15-8-10-29-13-15/h2-3,6-8,10,12-14H,4-5,9,11H2,1H3,(H,22,26)(H,23,27)/t14-/m1/s1. The number of rotatable bonds is 3. The lowest BCUT2D eigenvalue weighted by atomic mass is 9.97. The van der Waals surface area contributed by atoms with Crippen molar-refractivity contribution in [2.45, 2.75) is 12.8 Å². The number of nitrogens with one attached hydrogen (secondary N) is 2. The molecule has 1 aliphatic heterocycles. The lowest BCUT2D eigenvalue weighted by Gasteiger charge is -2.31. The first-order valence-corrected chi connectivity index (χ1v) is 9.50. The highest BCUT2D eigenvalue weighted by atomic mass is 16.3. The highest BCUT2D eigenvalue weighted by molar-refractivity contribution is 6.07. The summed E-state index contributed by atoms with van der Waals surface area (Å²) in [6, 6.07) is 9.18. The Balaban J connectivity index is 1.37. The third kappa shape index (κ3) is 3.73. The molecule has 2 N–H and O–H groups in total. The van der Waals surface area contributed by atoms with Crippen LogP contribution < -0.4 is 10.9 Å². The van der Waals surface area contributed by atoms with E-state index in [0.29, 0.717) is 30.6 Å². The zero-order valence-electron chi connectivity index (χ0n) is 16.1. The summed E-state index contributed by atoms with van der Waals surface area (Å²) in [5.41, 5.74) is 6.91. The molecule has 0 bridgehead atoms. The maximum absolute atomic E-state index is 12.6. The minimum Gasteiger partial charge on any atom is -0.472 e. The second-order valence-electron chi connectivity index (χ2n) is 7.22. The van der Waals surface area contributed by atoms with Crippen molar-refractivity contribution in [1.29, 1.82) is 0 Å². The van der Waals surface area contributed by atoms with E-state index in [-0.39, 0.29) is 23.6 Å². The van der Waals surface area contributed by atoms with Crippen LogP contribution in [-0.4, -0.2) is 40.3 Å². The van der Waals surface area contributed by atoms with Gasteiger partial charge in [-0.05, 0) is 25.0 Å². The van der Waals surface area contributed by atoms with Gasteiger partial charge in [0.1, 0.15) is 6.26 Å². The second kappa shape index (κ2) is 7.83. The molecule has 0 saturated carbocycles. The van der Waals surface area contributed by atoms with Gasteiger partial charge in [-0.1, -0.05) is 18.2 Å². The molecule has 2 aromatic heterocycles. The predicted molar refractivity (Wildman–Crippen MR) is 106 cm³/mol. The average molecular weight is 394 g/mol. The molecule has 8 heteroatoms. The van der Waals surface area contributed by atoms with Crippen molar-refractivity contribution in [2.24, 2.45) is 13.0 Å². The van der Waals surface area contributed by atoms with Crippen molar-refractivity contribution < 1.29 is 18.8 Å². The van der Waals surface area contributed by atoms with E-state index < -0.39 is 0 Å². The molecule has 1 aromatic carbocycles. The number of aryl methyl sites for hydroxylation is 1. The van der Waals surface area contributed by atoms with Crippen LogP contribution in [0.2, 0.25) is 0 Å². The van der Waals surface area contributed by atoms with Crippen LogP contribution in [-0.2, 0) is 11.8 Å². The minimum atomic E-state index is -0.382. The maximum Gasteiger partial charge on any atom is 0.271 e. The molecule has 0 radical (unpaired) electrons. The molecule has 150 valence electrons. The summed E-state index contributed by atoms with van der Waals surface area (Å²) in [7, 11) is 1.87. The molecule has 8 nitrogen and oxygen atoms in total. The Bertz CT molecular complexity index is 1050. The predicted octanol–water partition coefficient (Wildman–Crippen LogP) is 2.08. The third-order valence-electron chi connectivity index (χ3n) is 5.29. The smallest absolute Gasteiger partial charge is 0.271 e. The Labute approximate surface area is 167 Å². The van der Waals surface area contributed by atoms with Gasteiger partial charge in [0, 0.05) is 37.2 Å². The van der Waals surface area contributed by atoms with Crippen LogP contribution in [0.25, 0.3) is 10.9 Å². The van der Waals surface area contributed by atoms with Gasteiger partial charge in [0.05, 0.1) is 23.3 Å². The molecule has 1 fully saturated rings. The van der Waals surface area contributed by atoms with Crippen LogP contribution in [0.1, 0.15) is 33.6 Å². The molecule has 3 heterocycles. The molecule has 0 aliphatic carbocycles. The van der Waals surface area contributed by atoms with E-state index in [1.165, 1.54) is 12.5 Å². The van der Waals surface area contributed by atoms with Crippen LogP contribution in [0.15, 0.2) is 53.5 Å². The van der Waals surface area contributed by atoms with Gasteiger partial charge in [-0.15, -0.1) is 0 Å². The van der Waals surface area contributed by atoms with Crippen LogP contribution >= 0.6 is 0 Å². The van der Waals surface area contributed by atoms with Gasteiger partial charge in [-0.3, -0.25) is 25.2 Å². The number of aromatic nitrogens is 1. The number of benzene rings is 1. The first-order chi connectivity index (χ1) is 14.0. The Hall–Kier alpha value is -3.55. The van der Waals surface area contributed by atoms with E-state index in [1.807, 2.05) is 35.9 Å². The molecule has 4 rings (SSSR count). The number of fused-ring (bicyclic) bond motifs is 1. The summed E-state index contributed by atoms with van der Waals surface area (Å²) in [6.45, 7) is 0.899. The van der Waals surface area contributed by atoms with E-state index in [4.69, 9.17) is 4.42 Å². The molecule has 0 unspecified atom stereocenters. The van der Waals surface area contributed by atoms with Crippen molar-refractivity contribution in [3.8, 4) is 0 Å². The Kier molecular flexibility index (Phi) is 5.07. The van der Waals surface area contributed by atoms with Crippen molar-refractivity contribution in [1.82, 2.24) is 20.3 Å². The monoisotopic (exact) mass is 394 g/mol. The van der Waals surface area contributed by atoms with Crippen molar-refractivity contribution in [2.75, 3.05) is 13.1 Å². The molecule has 29 heavy (non-hydrogen) atoms. The second-order valence-corrected chi connectivity index (χ2v) is 7.22. The Morgan fingerprint density at radius 2 is 1.97 bits per heavy atom. The number of carbonyl (C=O) groups is 3. The van der Waals surface area contributed by atoms with Gasteiger partial charge >= 0.3 is 0 Å². The van der Waals surface area contributed by atoms with Crippen LogP contribution in [0.4, 0.5) is 0 Å². The minimum absolute atomic E-state index is 0.156. The largest absolute Gasteiger partial charge is 0.472 e. The Morgan fingerprint density at radius 1 is 1.14 bits per heavy atom. The average Bonchev–Trinajstić information content (AvgIpc) is 3.40. The Morgan fingerprint density at radius 3 is 2.76 bits per heavy atom. The number of furan rings is 1. The number of piperidine rings is 1. The van der Waals surface area contributed by atoms with E-state index in [9.17, 15) is 14.4 Å². The van der Waals surface area contributed by atoms with Crippen molar-refractivity contribution in [3.05, 3.63) is 60.2 Å². The molecule has 0 spiro atoms. The number of nitrogens with zero attached hydrogens (tertiary/aromatic N) is 2. The fourth-order valence-corrected chi connectivity index (χ4v) is 3.75. The summed E-state index contributed by atoms with van der Waals surface area (Å²) in [5, 5.41) is 0.816. The lowest BCUT2D eigenvalue weighted by Crippen LogP contribution is -2.50. The van der Waals surface area contributed by atoms with Crippen molar-refractivity contribution in [3.63, 3.8) is 0 Å². The van der Waals surface area contributed by atoms with E-state index in [1.54, 1.807) is 17.2 Å². The summed E-state index contributed by atoms with van der Waals surface area (Å²) in [6.07, 6.45) is 5.96. The SMILES string of the molecule is Cn1cc(C(=O)NNC(=O)[C@@H]2CCCN(C(=O)c3ccoc3)C2)c2ccccc21. The van der Waals surface area contributed by atoms with Crippen LogP contribution in [0.5, 0.6) is 0 Å². The van der Waals surface area contributed by atoms with E-state index >= 15 is 0 Å². The number of hydrogen-bond donors (Lipinski definition) is 2. The van der Waals surface area contributed by atoms with Gasteiger partial charge in [0.15, 0.2) is 0 Å². The summed E-state index contributed by atoms with van der Waals surface area (Å²) in [5.74, 6) is -1.22. The van der Waals surface area contributed by atoms with Crippen LogP contribution in [0.3, 0.4) is 0 Å². The highest BCUT2D eigenvalue weighted by Gasteiger charge is 2.29. The number of amides is 3.